The maximum Gasteiger partial charge on any atom is 0.351 e. The standard InChI is InChI=1S/2C30H33N4O6P.C26H32N7O5P/c2*1-3-30-18-37-24(25(30)40-41-34-16-10-15-22(34)23(39-41)20-11-6-4-7-12-20)28(38-30)33-17-19(2)26(32-29(33)36)31-27(35)21-13-8-5-9-14-21;1-4-26-13-35-20(21(26)38-39-33-12-8-11-17(33)19(37-39)16-9-6-5-7-10-16)24(36-26)32-15-27-18-22(32)29-25(30-23(18)34)28-14-31(2)3/h2*4-9,11-14,17,22-25,28H,3,10,15-16,18H2,1-2H3,(H,31,32,35,36);5-7,9-10,14-15,17,19-21,24H,4,8,11-13H2,1-3H3,(H,29,30,34)/t22-,23+,24+,25?,28-,30+,41+;22-,23+,24-,25?,28+,30-,41+;17-,19+,20+,21?,24-,26+,39+/m101/s1. The maximum absolute atomic E-state index is 13.3. The minimum absolute atomic E-state index is 0.0104. The number of anilines is 2. The zero-order valence-corrected chi connectivity index (χ0v) is 70.8. The molecule has 32 nitrogen and oxygen atoms in total. The SMILES string of the molecule is CC[C@]12CO[C@@H](C1O[P@@]1O[C@H](c3ccccc3)[C@@H]3CCCN31)[C@H](n1cc(C)c(NC(=O)c3ccccc3)nc1=O)O2.CC[C@]12CO[C@@H](C1O[P@]1O[C@@H](c3ccccc3)[C@H]3CCCN31)[C@H](n1cc(C)c(NC(=O)c3ccccc3)nc1=O)O2.CC[C@]12CO[C@@H](C1O[P@]1O[C@@H](c3ccccc3)[C@H]3CCCN31)[C@H](n1cnc3c(=O)[nH]c(N=CN(C)C)nc31)O2. The first-order valence-corrected chi connectivity index (χ1v) is 45.1. The number of ether oxygens (including phenoxy) is 6. The van der Waals surface area contributed by atoms with Crippen molar-refractivity contribution in [3.8, 4) is 0 Å². The summed E-state index contributed by atoms with van der Waals surface area (Å²) in [5.74, 6) is -0.0257. The van der Waals surface area contributed by atoms with Crippen LogP contribution in [0.1, 0.15) is 164 Å². The number of aryl methyl sites for hydroxylation is 2. The van der Waals surface area contributed by atoms with Crippen LogP contribution in [0.25, 0.3) is 11.2 Å². The third-order valence-electron chi connectivity index (χ3n) is 25.3. The highest BCUT2D eigenvalue weighted by Gasteiger charge is 2.68. The summed E-state index contributed by atoms with van der Waals surface area (Å²) in [5.41, 5.74) is 2.91. The molecule has 6 bridgehead atoms. The summed E-state index contributed by atoms with van der Waals surface area (Å²) in [6.07, 6.45) is 10.5. The molecular formula is C86H98N15O17P3. The quantitative estimate of drug-likeness (QED) is 0.0342. The highest BCUT2D eigenvalue weighted by molar-refractivity contribution is 7.45. The molecule has 3 N–H and O–H groups in total. The fourth-order valence-corrected chi connectivity index (χ4v) is 24.9. The van der Waals surface area contributed by atoms with E-state index in [4.69, 9.17) is 55.6 Å². The van der Waals surface area contributed by atoms with Crippen molar-refractivity contribution >= 4 is 72.5 Å². The second-order valence-corrected chi connectivity index (χ2v) is 37.0. The van der Waals surface area contributed by atoms with Crippen LogP contribution in [-0.2, 0) is 55.6 Å². The van der Waals surface area contributed by atoms with Crippen molar-refractivity contribution in [2.24, 2.45) is 4.99 Å². The number of rotatable bonds is 21. The third-order valence-corrected chi connectivity index (χ3v) is 30.5. The Morgan fingerprint density at radius 2 is 0.876 bits per heavy atom. The Labute approximate surface area is 702 Å². The van der Waals surface area contributed by atoms with Gasteiger partial charge in [-0.2, -0.15) is 15.0 Å². The number of benzene rings is 5. The van der Waals surface area contributed by atoms with Crippen molar-refractivity contribution in [1.29, 1.82) is 0 Å². The molecule has 5 aromatic carbocycles. The number of hydrogen-bond acceptors (Lipinski definition) is 25. The summed E-state index contributed by atoms with van der Waals surface area (Å²) in [4.78, 5) is 90.6. The highest BCUT2D eigenvalue weighted by Crippen LogP contribution is 2.67. The molecule has 12 aliphatic rings. The summed E-state index contributed by atoms with van der Waals surface area (Å²) in [5, 5.41) is 5.51. The summed E-state index contributed by atoms with van der Waals surface area (Å²) in [7, 11) is -0.253. The van der Waals surface area contributed by atoms with Crippen molar-refractivity contribution in [1.82, 2.24) is 57.5 Å². The molecular weight excluding hydrogens is 1610 g/mol. The van der Waals surface area contributed by atoms with E-state index in [-0.39, 0.29) is 77.0 Å². The molecule has 3 unspecified atom stereocenters. The number of amides is 2. The van der Waals surface area contributed by atoms with E-state index in [0.717, 1.165) is 69.3 Å². The van der Waals surface area contributed by atoms with Gasteiger partial charge in [0.2, 0.25) is 5.95 Å². The van der Waals surface area contributed by atoms with Crippen molar-refractivity contribution < 1.29 is 65.2 Å². The van der Waals surface area contributed by atoms with Gasteiger partial charge < -0.3 is 71.1 Å². The largest absolute Gasteiger partial charge is 0.369 e. The first-order chi connectivity index (χ1) is 58.9. The highest BCUT2D eigenvalue weighted by atomic mass is 31.2. The van der Waals surface area contributed by atoms with Crippen molar-refractivity contribution in [3.05, 3.63) is 241 Å². The molecule has 21 rings (SSSR count). The van der Waals surface area contributed by atoms with Crippen molar-refractivity contribution in [3.63, 3.8) is 0 Å². The second-order valence-electron chi connectivity index (χ2n) is 32.8. The Bertz CT molecular complexity index is 5260. The molecule has 12 saturated heterocycles. The zero-order chi connectivity index (χ0) is 83.0. The van der Waals surface area contributed by atoms with Crippen LogP contribution < -0.4 is 27.6 Å². The zero-order valence-electron chi connectivity index (χ0n) is 68.2. The smallest absolute Gasteiger partial charge is 0.351 e. The molecule has 16 heterocycles. The molecule has 35 heteroatoms. The molecule has 121 heavy (non-hydrogen) atoms. The lowest BCUT2D eigenvalue weighted by Gasteiger charge is -2.31. The van der Waals surface area contributed by atoms with Crippen LogP contribution in [-0.4, -0.2) is 201 Å². The normalized spacial score (nSPS) is 32.9. The van der Waals surface area contributed by atoms with Crippen LogP contribution in [0.5, 0.6) is 0 Å². The second kappa shape index (κ2) is 34.1. The fraction of sp³-hybridized carbons (Fsp3) is 0.465. The number of carbonyl (C=O) groups excluding carboxylic acids is 2. The van der Waals surface area contributed by atoms with Gasteiger partial charge in [0.15, 0.2) is 29.8 Å². The van der Waals surface area contributed by atoms with E-state index < -0.39 is 103 Å². The van der Waals surface area contributed by atoms with Gasteiger partial charge in [0, 0.05) is 86.5 Å². The van der Waals surface area contributed by atoms with Crippen LogP contribution in [0.15, 0.2) is 190 Å². The average molecular weight is 1710 g/mol. The predicted octanol–water partition coefficient (Wildman–Crippen LogP) is 12.7. The van der Waals surface area contributed by atoms with E-state index in [0.29, 0.717) is 73.0 Å². The number of carbonyl (C=O) groups is 2. The molecule has 2 amide bonds. The van der Waals surface area contributed by atoms with E-state index in [9.17, 15) is 24.0 Å². The lowest BCUT2D eigenvalue weighted by atomic mass is 9.96. The minimum atomic E-state index is -1.33. The first-order valence-electron chi connectivity index (χ1n) is 41.8. The fourth-order valence-electron chi connectivity index (χ4n) is 18.8. The number of hydrogen-bond donors (Lipinski definition) is 3. The Hall–Kier alpha value is -8.69. The average Bonchev–Trinajstić information content (AvgIpc) is 1.57. The Morgan fingerprint density at radius 3 is 1.23 bits per heavy atom. The summed E-state index contributed by atoms with van der Waals surface area (Å²) in [6.45, 7) is 13.8. The Balaban J connectivity index is 0.000000120. The van der Waals surface area contributed by atoms with E-state index in [1.165, 1.54) is 14.7 Å². The van der Waals surface area contributed by atoms with Crippen LogP contribution in [0.4, 0.5) is 17.6 Å². The summed E-state index contributed by atoms with van der Waals surface area (Å²) < 4.78 is 90.7. The van der Waals surface area contributed by atoms with Crippen LogP contribution >= 0.6 is 25.6 Å². The number of fused-ring (bicyclic) bond motifs is 10. The molecule has 0 saturated carbocycles. The van der Waals surface area contributed by atoms with Gasteiger partial charge in [-0.15, -0.1) is 0 Å². The van der Waals surface area contributed by atoms with Crippen LogP contribution in [0.2, 0.25) is 0 Å². The molecule has 634 valence electrons. The van der Waals surface area contributed by atoms with Gasteiger partial charge in [-0.3, -0.25) is 33.1 Å². The van der Waals surface area contributed by atoms with E-state index >= 15 is 0 Å². The third kappa shape index (κ3) is 15.3. The van der Waals surface area contributed by atoms with Gasteiger partial charge in [0.25, 0.3) is 43.0 Å². The Morgan fingerprint density at radius 1 is 0.521 bits per heavy atom. The summed E-state index contributed by atoms with van der Waals surface area (Å²) in [6, 6.07) is 49.6. The lowest BCUT2D eigenvalue weighted by molar-refractivity contribution is -0.175. The molecule has 4 aromatic heterocycles. The van der Waals surface area contributed by atoms with Gasteiger partial charge in [-0.1, -0.05) is 148 Å². The van der Waals surface area contributed by atoms with Gasteiger partial charge in [0.1, 0.15) is 83.4 Å². The monoisotopic (exact) mass is 1710 g/mol. The maximum atomic E-state index is 13.3. The van der Waals surface area contributed by atoms with E-state index in [2.05, 4.69) is 110 Å². The molecule has 9 aromatic rings. The number of H-pyrrole nitrogens is 1. The first kappa shape index (κ1) is 81.9. The molecule has 21 atom stereocenters. The van der Waals surface area contributed by atoms with Gasteiger partial charge in [-0.05, 0) is 113 Å². The predicted molar refractivity (Wildman–Crippen MR) is 449 cm³/mol. The topological polar surface area (TPSA) is 328 Å². The lowest BCUT2D eigenvalue weighted by Crippen LogP contribution is -2.41. The number of aliphatic imine (C=N–C) groups is 1. The van der Waals surface area contributed by atoms with E-state index in [1.54, 1.807) is 96.9 Å². The molecule has 12 fully saturated rings. The van der Waals surface area contributed by atoms with Gasteiger partial charge in [-0.25, -0.2) is 33.6 Å². The number of aromatic nitrogens is 8. The number of nitrogens with zero attached hydrogens (tertiary/aromatic N) is 12. The van der Waals surface area contributed by atoms with Gasteiger partial charge >= 0.3 is 11.4 Å². The van der Waals surface area contributed by atoms with Gasteiger partial charge in [0.05, 0.1) is 32.5 Å². The van der Waals surface area contributed by atoms with Crippen LogP contribution in [0, 0.1) is 13.8 Å². The molecule has 0 radical (unpaired) electrons. The molecule has 0 spiro atoms. The van der Waals surface area contributed by atoms with Crippen molar-refractivity contribution in [2.45, 2.75) is 201 Å². The number of imidazole rings is 1. The number of aromatic amines is 1. The van der Waals surface area contributed by atoms with Crippen molar-refractivity contribution in [2.75, 3.05) is 64.2 Å². The minimum Gasteiger partial charge on any atom is -0.369 e. The van der Waals surface area contributed by atoms with Crippen LogP contribution in [0.3, 0.4) is 0 Å². The Kier molecular flexibility index (Phi) is 23.1. The molecule has 12 aliphatic heterocycles. The summed E-state index contributed by atoms with van der Waals surface area (Å²) >= 11 is 0. The van der Waals surface area contributed by atoms with E-state index in [1.807, 2.05) is 82.5 Å². The number of nitrogens with one attached hydrogen (secondary N) is 3. The molecule has 0 aliphatic carbocycles.